The van der Waals surface area contributed by atoms with Gasteiger partial charge >= 0.3 is 0 Å². The number of nitrogen functional groups attached to an aromatic ring is 1. The number of carbonyl (C=O) groups excluding carboxylic acids is 1. The second-order valence-electron chi connectivity index (χ2n) is 4.02. The molecule has 0 saturated heterocycles. The molecule has 1 rings (SSSR count). The molecule has 1 aromatic rings. The first-order chi connectivity index (χ1) is 8.04. The molecule has 5 heteroatoms. The highest BCUT2D eigenvalue weighted by molar-refractivity contribution is 5.99. The van der Waals surface area contributed by atoms with Crippen LogP contribution in [0, 0.1) is 0 Å². The van der Waals surface area contributed by atoms with Crippen molar-refractivity contribution in [1.82, 2.24) is 5.43 Å². The summed E-state index contributed by atoms with van der Waals surface area (Å²) < 4.78 is 5.31. The number of benzene rings is 1. The number of methoxy groups -OCH3 is 1. The Bertz CT molecular complexity index is 416. The van der Waals surface area contributed by atoms with Crippen LogP contribution in [0.1, 0.15) is 35.7 Å². The Balaban J connectivity index is 3.39. The van der Waals surface area contributed by atoms with Gasteiger partial charge in [-0.25, -0.2) is 5.84 Å². The van der Waals surface area contributed by atoms with Gasteiger partial charge in [-0.05, 0) is 17.5 Å². The summed E-state index contributed by atoms with van der Waals surface area (Å²) in [5.74, 6) is 5.87. The van der Waals surface area contributed by atoms with Gasteiger partial charge in [-0.15, -0.1) is 0 Å². The summed E-state index contributed by atoms with van der Waals surface area (Å²) in [5.41, 5.74) is 4.32. The third-order valence-corrected chi connectivity index (χ3v) is 2.64. The lowest BCUT2D eigenvalue weighted by Crippen LogP contribution is -2.30. The molecule has 0 aromatic heterocycles. The Morgan fingerprint density at radius 1 is 1.41 bits per heavy atom. The van der Waals surface area contributed by atoms with Crippen molar-refractivity contribution >= 4 is 11.6 Å². The molecule has 0 unspecified atom stereocenters. The van der Waals surface area contributed by atoms with Gasteiger partial charge in [-0.3, -0.25) is 10.2 Å². The van der Waals surface area contributed by atoms with Crippen molar-refractivity contribution < 1.29 is 9.53 Å². The van der Waals surface area contributed by atoms with E-state index in [1.54, 1.807) is 26.3 Å². The van der Waals surface area contributed by atoms with Crippen LogP contribution in [0.5, 0.6) is 5.75 Å². The highest BCUT2D eigenvalue weighted by Gasteiger charge is 2.16. The molecular weight excluding hydrogens is 218 g/mol. The smallest absolute Gasteiger partial charge is 0.267 e. The summed E-state index contributed by atoms with van der Waals surface area (Å²) in [6.45, 7) is 4.09. The monoisotopic (exact) mass is 237 g/mol. The first-order valence-corrected chi connectivity index (χ1v) is 5.45. The predicted octanol–water partition coefficient (Wildman–Crippen LogP) is 1.46. The first-order valence-electron chi connectivity index (χ1n) is 5.45. The van der Waals surface area contributed by atoms with Gasteiger partial charge in [0, 0.05) is 13.1 Å². The van der Waals surface area contributed by atoms with E-state index in [1.165, 1.54) is 0 Å². The number of nitrogens with one attached hydrogen (secondary N) is 2. The van der Waals surface area contributed by atoms with Crippen LogP contribution in [-0.4, -0.2) is 20.1 Å². The summed E-state index contributed by atoms with van der Waals surface area (Å²) in [6.07, 6.45) is 0. The zero-order chi connectivity index (χ0) is 13.0. The number of rotatable bonds is 4. The Morgan fingerprint density at radius 2 is 2.06 bits per heavy atom. The molecule has 5 nitrogen and oxygen atoms in total. The largest absolute Gasteiger partial charge is 0.496 e. The standard InChI is InChI=1S/C12H19N3O2/c1-7(2)8-5-9(12(16)15-13)10(14-3)6-11(8)17-4/h5-7,14H,13H2,1-4H3,(H,15,16). The van der Waals surface area contributed by atoms with Gasteiger partial charge in [0.25, 0.3) is 5.91 Å². The van der Waals surface area contributed by atoms with Crippen LogP contribution in [0.25, 0.3) is 0 Å². The number of hydrogen-bond donors (Lipinski definition) is 3. The van der Waals surface area contributed by atoms with Crippen molar-refractivity contribution in [2.24, 2.45) is 5.84 Å². The zero-order valence-corrected chi connectivity index (χ0v) is 10.6. The van der Waals surface area contributed by atoms with Gasteiger partial charge in [-0.1, -0.05) is 13.8 Å². The molecule has 0 aliphatic rings. The average molecular weight is 237 g/mol. The molecule has 0 radical (unpaired) electrons. The minimum Gasteiger partial charge on any atom is -0.496 e. The molecule has 4 N–H and O–H groups in total. The first kappa shape index (κ1) is 13.3. The van der Waals surface area contributed by atoms with Crippen molar-refractivity contribution in [1.29, 1.82) is 0 Å². The summed E-state index contributed by atoms with van der Waals surface area (Å²) in [4.78, 5) is 11.7. The maximum Gasteiger partial charge on any atom is 0.267 e. The van der Waals surface area contributed by atoms with E-state index in [1.807, 2.05) is 13.8 Å². The summed E-state index contributed by atoms with van der Waals surface area (Å²) in [7, 11) is 3.36. The molecular formula is C12H19N3O2. The maximum absolute atomic E-state index is 11.7. The third kappa shape index (κ3) is 2.68. The number of hydrogen-bond acceptors (Lipinski definition) is 4. The van der Waals surface area contributed by atoms with Crippen molar-refractivity contribution in [3.8, 4) is 5.75 Å². The van der Waals surface area contributed by atoms with Crippen LogP contribution in [0.15, 0.2) is 12.1 Å². The van der Waals surface area contributed by atoms with E-state index < -0.39 is 0 Å². The molecule has 0 fully saturated rings. The Hall–Kier alpha value is -1.75. The molecule has 1 amide bonds. The number of hydrazine groups is 1. The van der Waals surface area contributed by atoms with Crippen molar-refractivity contribution in [2.75, 3.05) is 19.5 Å². The van der Waals surface area contributed by atoms with Gasteiger partial charge in [-0.2, -0.15) is 0 Å². The lowest BCUT2D eigenvalue weighted by Gasteiger charge is -2.16. The van der Waals surface area contributed by atoms with Crippen LogP contribution >= 0.6 is 0 Å². The van der Waals surface area contributed by atoms with Crippen LogP contribution in [0.4, 0.5) is 5.69 Å². The van der Waals surface area contributed by atoms with E-state index in [9.17, 15) is 4.79 Å². The van der Waals surface area contributed by atoms with Crippen molar-refractivity contribution in [3.05, 3.63) is 23.3 Å². The molecule has 0 bridgehead atoms. The zero-order valence-electron chi connectivity index (χ0n) is 10.6. The number of amides is 1. The topological polar surface area (TPSA) is 76.4 Å². The van der Waals surface area contributed by atoms with Crippen molar-refractivity contribution in [3.63, 3.8) is 0 Å². The van der Waals surface area contributed by atoms with Gasteiger partial charge in [0.15, 0.2) is 0 Å². The number of ether oxygens (including phenoxy) is 1. The van der Waals surface area contributed by atoms with Crippen LogP contribution in [0.2, 0.25) is 0 Å². The van der Waals surface area contributed by atoms with E-state index in [0.29, 0.717) is 11.3 Å². The van der Waals surface area contributed by atoms with Crippen LogP contribution in [0.3, 0.4) is 0 Å². The number of nitrogens with two attached hydrogens (primary N) is 1. The Kier molecular flexibility index (Phi) is 4.34. The number of anilines is 1. The quantitative estimate of drug-likeness (QED) is 0.421. The molecule has 1 aromatic carbocycles. The Labute approximate surface area is 101 Å². The summed E-state index contributed by atoms with van der Waals surface area (Å²) >= 11 is 0. The van der Waals surface area contributed by atoms with E-state index in [4.69, 9.17) is 10.6 Å². The second-order valence-corrected chi connectivity index (χ2v) is 4.02. The van der Waals surface area contributed by atoms with Gasteiger partial charge in [0.1, 0.15) is 5.75 Å². The van der Waals surface area contributed by atoms with E-state index in [0.717, 1.165) is 11.3 Å². The fraction of sp³-hybridized carbons (Fsp3) is 0.417. The lowest BCUT2D eigenvalue weighted by molar-refractivity contribution is 0.0954. The number of carbonyl (C=O) groups is 1. The van der Waals surface area contributed by atoms with Crippen molar-refractivity contribution in [2.45, 2.75) is 19.8 Å². The normalized spacial score (nSPS) is 10.2. The van der Waals surface area contributed by atoms with E-state index in [-0.39, 0.29) is 11.8 Å². The highest BCUT2D eigenvalue weighted by atomic mass is 16.5. The third-order valence-electron chi connectivity index (χ3n) is 2.64. The summed E-state index contributed by atoms with van der Waals surface area (Å²) in [6, 6.07) is 3.61. The molecule has 0 atom stereocenters. The minimum absolute atomic E-state index is 0.264. The van der Waals surface area contributed by atoms with Gasteiger partial charge < -0.3 is 10.1 Å². The molecule has 0 saturated carbocycles. The average Bonchev–Trinajstić information content (AvgIpc) is 2.35. The van der Waals surface area contributed by atoms with E-state index >= 15 is 0 Å². The van der Waals surface area contributed by atoms with Crippen LogP contribution < -0.4 is 21.3 Å². The lowest BCUT2D eigenvalue weighted by atomic mass is 9.98. The molecule has 0 aliphatic carbocycles. The molecule has 94 valence electrons. The van der Waals surface area contributed by atoms with Gasteiger partial charge in [0.2, 0.25) is 0 Å². The summed E-state index contributed by atoms with van der Waals surface area (Å²) in [5, 5.41) is 2.96. The Morgan fingerprint density at radius 3 is 2.47 bits per heavy atom. The molecule has 17 heavy (non-hydrogen) atoms. The van der Waals surface area contributed by atoms with Crippen LogP contribution in [-0.2, 0) is 0 Å². The molecule has 0 spiro atoms. The molecule has 0 aliphatic heterocycles. The molecule has 0 heterocycles. The fourth-order valence-corrected chi connectivity index (χ4v) is 1.70. The fourth-order valence-electron chi connectivity index (χ4n) is 1.70. The predicted molar refractivity (Wildman–Crippen MR) is 68.3 cm³/mol. The second kappa shape index (κ2) is 5.54. The maximum atomic E-state index is 11.7. The van der Waals surface area contributed by atoms with E-state index in [2.05, 4.69) is 10.7 Å². The SMILES string of the molecule is CNc1cc(OC)c(C(C)C)cc1C(=O)NN. The highest BCUT2D eigenvalue weighted by Crippen LogP contribution is 2.32. The van der Waals surface area contributed by atoms with Gasteiger partial charge in [0.05, 0.1) is 18.4 Å². The minimum atomic E-state index is -0.320.